The topological polar surface area (TPSA) is 38.9 Å². The molecule has 0 unspecified atom stereocenters. The molecule has 0 radical (unpaired) electrons. The summed E-state index contributed by atoms with van der Waals surface area (Å²) in [5.74, 6) is 1.83. The molecule has 0 aliphatic rings. The zero-order valence-corrected chi connectivity index (χ0v) is 14.0. The smallest absolute Gasteiger partial charge is 0.176 e. The van der Waals surface area contributed by atoms with Gasteiger partial charge in [0.15, 0.2) is 11.6 Å². The van der Waals surface area contributed by atoms with Gasteiger partial charge in [0.2, 0.25) is 0 Å². The van der Waals surface area contributed by atoms with Gasteiger partial charge < -0.3 is 14.0 Å². The summed E-state index contributed by atoms with van der Waals surface area (Å²) >= 11 is 0. The molecule has 0 saturated carbocycles. The second-order valence-electron chi connectivity index (χ2n) is 5.97. The van der Waals surface area contributed by atoms with Crippen molar-refractivity contribution in [3.05, 3.63) is 60.2 Å². The summed E-state index contributed by atoms with van der Waals surface area (Å²) in [7, 11) is 4.18. The maximum Gasteiger partial charge on any atom is 0.176 e. The molecule has 0 bridgehead atoms. The van der Waals surface area contributed by atoms with E-state index in [2.05, 4.69) is 69.3 Å². The van der Waals surface area contributed by atoms with E-state index in [0.717, 1.165) is 31.3 Å². The molecular formula is C18H23N5. The minimum absolute atomic E-state index is 0.799. The maximum absolute atomic E-state index is 4.51. The summed E-state index contributed by atoms with van der Waals surface area (Å²) < 4.78 is 4.27. The predicted molar refractivity (Wildman–Crippen MR) is 92.1 cm³/mol. The number of benzene rings is 1. The van der Waals surface area contributed by atoms with Crippen LogP contribution in [0.15, 0.2) is 49.1 Å². The van der Waals surface area contributed by atoms with Crippen molar-refractivity contribution in [3.8, 4) is 11.6 Å². The molecule has 5 heteroatoms. The second kappa shape index (κ2) is 6.79. The molecular weight excluding hydrogens is 286 g/mol. The second-order valence-corrected chi connectivity index (χ2v) is 5.97. The number of hydrogen-bond donors (Lipinski definition) is 0. The molecule has 0 atom stereocenters. The minimum Gasteiger partial charge on any atom is -0.329 e. The van der Waals surface area contributed by atoms with Crippen molar-refractivity contribution in [2.45, 2.75) is 26.6 Å². The van der Waals surface area contributed by atoms with Gasteiger partial charge >= 0.3 is 0 Å². The first-order chi connectivity index (χ1) is 11.2. The molecule has 23 heavy (non-hydrogen) atoms. The Morgan fingerprint density at radius 3 is 2.30 bits per heavy atom. The lowest BCUT2D eigenvalue weighted by Crippen LogP contribution is -2.11. The van der Waals surface area contributed by atoms with Gasteiger partial charge in [-0.05, 0) is 32.1 Å². The molecule has 2 heterocycles. The first-order valence-electron chi connectivity index (χ1n) is 7.92. The Balaban J connectivity index is 1.86. The van der Waals surface area contributed by atoms with Gasteiger partial charge in [-0.25, -0.2) is 9.97 Å². The molecule has 3 aromatic rings. The van der Waals surface area contributed by atoms with Crippen molar-refractivity contribution in [3.63, 3.8) is 0 Å². The molecule has 0 N–H and O–H groups in total. The van der Waals surface area contributed by atoms with Gasteiger partial charge in [-0.3, -0.25) is 0 Å². The Morgan fingerprint density at radius 1 is 0.957 bits per heavy atom. The SMILES string of the molecule is CCn1ccnc1-c1nccn1Cc1cccc(CN(C)C)c1. The number of rotatable bonds is 6. The highest BCUT2D eigenvalue weighted by molar-refractivity contribution is 5.45. The van der Waals surface area contributed by atoms with Crippen molar-refractivity contribution in [2.24, 2.45) is 0 Å². The van der Waals surface area contributed by atoms with Gasteiger partial charge in [-0.15, -0.1) is 0 Å². The normalized spacial score (nSPS) is 11.3. The molecule has 0 spiro atoms. The molecule has 120 valence electrons. The van der Waals surface area contributed by atoms with E-state index in [0.29, 0.717) is 0 Å². The first kappa shape index (κ1) is 15.5. The molecule has 0 fully saturated rings. The van der Waals surface area contributed by atoms with Crippen LogP contribution in [0.25, 0.3) is 11.6 Å². The number of aryl methyl sites for hydroxylation is 1. The lowest BCUT2D eigenvalue weighted by Gasteiger charge is -2.12. The molecule has 1 aromatic carbocycles. The van der Waals surface area contributed by atoms with E-state index in [-0.39, 0.29) is 0 Å². The first-order valence-corrected chi connectivity index (χ1v) is 7.92. The highest BCUT2D eigenvalue weighted by atomic mass is 15.2. The van der Waals surface area contributed by atoms with Crippen molar-refractivity contribution in [1.29, 1.82) is 0 Å². The van der Waals surface area contributed by atoms with E-state index < -0.39 is 0 Å². The van der Waals surface area contributed by atoms with Crippen LogP contribution in [0.1, 0.15) is 18.1 Å². The van der Waals surface area contributed by atoms with Gasteiger partial charge in [0.1, 0.15) is 0 Å². The lowest BCUT2D eigenvalue weighted by molar-refractivity contribution is 0.402. The summed E-state index contributed by atoms with van der Waals surface area (Å²) in [4.78, 5) is 11.1. The van der Waals surface area contributed by atoms with Gasteiger partial charge in [0.25, 0.3) is 0 Å². The summed E-state index contributed by atoms with van der Waals surface area (Å²) in [5, 5.41) is 0. The van der Waals surface area contributed by atoms with Crippen LogP contribution in [0.5, 0.6) is 0 Å². The molecule has 0 amide bonds. The third kappa shape index (κ3) is 3.51. The van der Waals surface area contributed by atoms with Crippen LogP contribution in [0.2, 0.25) is 0 Å². The van der Waals surface area contributed by atoms with E-state index in [1.54, 1.807) is 0 Å². The lowest BCUT2D eigenvalue weighted by atomic mass is 10.1. The Bertz CT molecular complexity index is 769. The molecule has 2 aromatic heterocycles. The average molecular weight is 309 g/mol. The maximum atomic E-state index is 4.51. The van der Waals surface area contributed by atoms with Crippen LogP contribution in [0, 0.1) is 0 Å². The van der Waals surface area contributed by atoms with Crippen LogP contribution >= 0.6 is 0 Å². The fourth-order valence-corrected chi connectivity index (χ4v) is 2.80. The average Bonchev–Trinajstić information content (AvgIpc) is 3.14. The molecule has 0 aliphatic carbocycles. The van der Waals surface area contributed by atoms with E-state index >= 15 is 0 Å². The molecule has 0 saturated heterocycles. The zero-order chi connectivity index (χ0) is 16.2. The Hall–Kier alpha value is -2.40. The number of hydrogen-bond acceptors (Lipinski definition) is 3. The Morgan fingerprint density at radius 2 is 1.61 bits per heavy atom. The van der Waals surface area contributed by atoms with E-state index in [1.165, 1.54) is 11.1 Å². The largest absolute Gasteiger partial charge is 0.329 e. The van der Waals surface area contributed by atoms with E-state index in [9.17, 15) is 0 Å². The van der Waals surface area contributed by atoms with Crippen molar-refractivity contribution in [2.75, 3.05) is 14.1 Å². The Kier molecular flexibility index (Phi) is 4.57. The third-order valence-electron chi connectivity index (χ3n) is 3.81. The van der Waals surface area contributed by atoms with Gasteiger partial charge in [0, 0.05) is 44.4 Å². The standard InChI is InChI=1S/C18H23N5/c1-4-22-10-8-19-17(22)18-20-9-11-23(18)14-16-7-5-6-15(12-16)13-21(2)3/h5-12H,4,13-14H2,1-3H3. The number of imidazole rings is 2. The quantitative estimate of drug-likeness (QED) is 0.703. The van der Waals surface area contributed by atoms with Crippen molar-refractivity contribution in [1.82, 2.24) is 24.0 Å². The van der Waals surface area contributed by atoms with Crippen molar-refractivity contribution < 1.29 is 0 Å². The monoisotopic (exact) mass is 309 g/mol. The Labute approximate surface area is 137 Å². The van der Waals surface area contributed by atoms with Crippen LogP contribution < -0.4 is 0 Å². The number of nitrogens with zero attached hydrogens (tertiary/aromatic N) is 5. The molecule has 5 nitrogen and oxygen atoms in total. The minimum atomic E-state index is 0.799. The highest BCUT2D eigenvalue weighted by Gasteiger charge is 2.11. The van der Waals surface area contributed by atoms with Crippen LogP contribution in [-0.4, -0.2) is 38.1 Å². The van der Waals surface area contributed by atoms with Gasteiger partial charge in [-0.2, -0.15) is 0 Å². The van der Waals surface area contributed by atoms with E-state index in [1.807, 2.05) is 24.8 Å². The summed E-state index contributed by atoms with van der Waals surface area (Å²) in [6.07, 6.45) is 7.68. The highest BCUT2D eigenvalue weighted by Crippen LogP contribution is 2.17. The zero-order valence-electron chi connectivity index (χ0n) is 14.0. The predicted octanol–water partition coefficient (Wildman–Crippen LogP) is 2.88. The van der Waals surface area contributed by atoms with E-state index in [4.69, 9.17) is 0 Å². The third-order valence-corrected chi connectivity index (χ3v) is 3.81. The molecule has 0 aliphatic heterocycles. The van der Waals surface area contributed by atoms with Gasteiger partial charge in [-0.1, -0.05) is 24.3 Å². The van der Waals surface area contributed by atoms with Crippen LogP contribution in [0.3, 0.4) is 0 Å². The fourth-order valence-electron chi connectivity index (χ4n) is 2.80. The van der Waals surface area contributed by atoms with Crippen LogP contribution in [0.4, 0.5) is 0 Å². The van der Waals surface area contributed by atoms with Gasteiger partial charge in [0.05, 0.1) is 0 Å². The molecule has 3 rings (SSSR count). The fraction of sp³-hybridized carbons (Fsp3) is 0.333. The van der Waals surface area contributed by atoms with Crippen LogP contribution in [-0.2, 0) is 19.6 Å². The summed E-state index contributed by atoms with van der Waals surface area (Å²) in [6.45, 7) is 4.75. The van der Waals surface area contributed by atoms with Crippen molar-refractivity contribution >= 4 is 0 Å². The summed E-state index contributed by atoms with van der Waals surface area (Å²) in [6, 6.07) is 8.71. The number of aromatic nitrogens is 4. The summed E-state index contributed by atoms with van der Waals surface area (Å²) in [5.41, 5.74) is 2.60.